The topological polar surface area (TPSA) is 51.1 Å². The van der Waals surface area contributed by atoms with E-state index in [1.165, 1.54) is 0 Å². The maximum absolute atomic E-state index is 13.5. The highest BCUT2D eigenvalue weighted by molar-refractivity contribution is 6.34. The molecule has 0 saturated heterocycles. The summed E-state index contributed by atoms with van der Waals surface area (Å²) in [6.45, 7) is 4.86. The van der Waals surface area contributed by atoms with Crippen molar-refractivity contribution >= 4 is 46.7 Å². The Labute approximate surface area is 202 Å². The Morgan fingerprint density at radius 1 is 0.848 bits per heavy atom. The van der Waals surface area contributed by atoms with E-state index < -0.39 is 0 Å². The Morgan fingerprint density at radius 3 is 2.09 bits per heavy atom. The average Bonchev–Trinajstić information content (AvgIpc) is 3.13. The third kappa shape index (κ3) is 5.05. The number of halogens is 2. The van der Waals surface area contributed by atoms with Gasteiger partial charge < -0.3 is 9.47 Å². The highest BCUT2D eigenvalue weighted by Crippen LogP contribution is 2.32. The number of aliphatic imine (C=N–C) groups is 1. The molecule has 1 aliphatic rings. The zero-order valence-corrected chi connectivity index (χ0v) is 19.7. The van der Waals surface area contributed by atoms with E-state index in [0.717, 1.165) is 11.1 Å². The molecule has 0 radical (unpaired) electrons. The summed E-state index contributed by atoms with van der Waals surface area (Å²) in [6, 6.07) is 19.8. The Morgan fingerprint density at radius 2 is 1.45 bits per heavy atom. The first-order chi connectivity index (χ1) is 16.0. The number of carbonyl (C=O) groups excluding carboxylic acids is 1. The SMILES string of the molecule is CCOc1ccc(/C=C2/N=C(c3ccc(Cl)cc3)N(c3ccc(Cl)cc3)C2=O)cc1OCC. The standard InChI is InChI=1S/C26H22Cl2N2O3/c1-3-32-23-14-5-17(16-24(23)33-4-2)15-22-26(31)30(21-12-10-20(28)11-13-21)25(29-22)18-6-8-19(27)9-7-18/h5-16H,3-4H2,1-2H3/b22-15+. The van der Waals surface area contributed by atoms with E-state index in [4.69, 9.17) is 32.7 Å². The molecule has 1 heterocycles. The van der Waals surface area contributed by atoms with Crippen LogP contribution in [0.15, 0.2) is 77.4 Å². The lowest BCUT2D eigenvalue weighted by Crippen LogP contribution is -2.32. The molecule has 0 spiro atoms. The maximum Gasteiger partial charge on any atom is 0.282 e. The van der Waals surface area contributed by atoms with Crippen LogP contribution in [0.1, 0.15) is 25.0 Å². The van der Waals surface area contributed by atoms with Crippen molar-refractivity contribution in [3.05, 3.63) is 93.6 Å². The van der Waals surface area contributed by atoms with Gasteiger partial charge in [0.1, 0.15) is 11.5 Å². The third-order valence-electron chi connectivity index (χ3n) is 4.92. The average molecular weight is 481 g/mol. The minimum absolute atomic E-state index is 0.242. The number of amidine groups is 1. The van der Waals surface area contributed by atoms with Gasteiger partial charge in [-0.05, 0) is 86.2 Å². The molecule has 168 valence electrons. The van der Waals surface area contributed by atoms with Crippen molar-refractivity contribution in [1.82, 2.24) is 0 Å². The number of carbonyl (C=O) groups is 1. The molecule has 0 saturated carbocycles. The van der Waals surface area contributed by atoms with Gasteiger partial charge in [-0.1, -0.05) is 29.3 Å². The van der Waals surface area contributed by atoms with Crippen LogP contribution in [-0.4, -0.2) is 25.0 Å². The summed E-state index contributed by atoms with van der Waals surface area (Å²) in [5.74, 6) is 1.55. The minimum Gasteiger partial charge on any atom is -0.490 e. The van der Waals surface area contributed by atoms with Gasteiger partial charge in [0.2, 0.25) is 0 Å². The Kier molecular flexibility index (Phi) is 7.02. The molecule has 7 heteroatoms. The van der Waals surface area contributed by atoms with E-state index in [1.807, 2.05) is 44.2 Å². The van der Waals surface area contributed by atoms with Crippen molar-refractivity contribution in [3.63, 3.8) is 0 Å². The number of anilines is 1. The van der Waals surface area contributed by atoms with E-state index in [9.17, 15) is 4.79 Å². The zero-order chi connectivity index (χ0) is 23.4. The predicted octanol–water partition coefficient (Wildman–Crippen LogP) is 6.63. The molecule has 0 aromatic heterocycles. The first-order valence-corrected chi connectivity index (χ1v) is 11.3. The summed E-state index contributed by atoms with van der Waals surface area (Å²) >= 11 is 12.1. The lowest BCUT2D eigenvalue weighted by atomic mass is 10.1. The van der Waals surface area contributed by atoms with Crippen LogP contribution in [0, 0.1) is 0 Å². The molecule has 3 aromatic rings. The normalized spacial score (nSPS) is 14.5. The van der Waals surface area contributed by atoms with Crippen molar-refractivity contribution in [1.29, 1.82) is 0 Å². The molecule has 5 nitrogen and oxygen atoms in total. The lowest BCUT2D eigenvalue weighted by molar-refractivity contribution is -0.113. The first kappa shape index (κ1) is 22.9. The maximum atomic E-state index is 13.5. The number of rotatable bonds is 7. The van der Waals surface area contributed by atoms with Crippen molar-refractivity contribution in [2.45, 2.75) is 13.8 Å². The van der Waals surface area contributed by atoms with E-state index >= 15 is 0 Å². The van der Waals surface area contributed by atoms with E-state index in [-0.39, 0.29) is 5.91 Å². The molecule has 0 fully saturated rings. The molecule has 0 bridgehead atoms. The van der Waals surface area contributed by atoms with Crippen LogP contribution in [-0.2, 0) is 4.79 Å². The van der Waals surface area contributed by atoms with E-state index in [1.54, 1.807) is 47.4 Å². The Hall–Kier alpha value is -3.28. The molecular weight excluding hydrogens is 459 g/mol. The highest BCUT2D eigenvalue weighted by Gasteiger charge is 2.32. The van der Waals surface area contributed by atoms with Crippen molar-refractivity contribution < 1.29 is 14.3 Å². The van der Waals surface area contributed by atoms with Gasteiger partial charge >= 0.3 is 0 Å². The van der Waals surface area contributed by atoms with Crippen molar-refractivity contribution in [3.8, 4) is 11.5 Å². The fourth-order valence-corrected chi connectivity index (χ4v) is 3.71. The van der Waals surface area contributed by atoms with E-state index in [2.05, 4.69) is 4.99 Å². The summed E-state index contributed by atoms with van der Waals surface area (Å²) in [7, 11) is 0. The van der Waals surface area contributed by atoms with Crippen molar-refractivity contribution in [2.24, 2.45) is 4.99 Å². The number of nitrogens with zero attached hydrogens (tertiary/aromatic N) is 2. The molecule has 0 atom stereocenters. The zero-order valence-electron chi connectivity index (χ0n) is 18.2. The molecule has 0 unspecified atom stereocenters. The summed E-state index contributed by atoms with van der Waals surface area (Å²) in [5.41, 5.74) is 2.53. The predicted molar refractivity (Wildman–Crippen MR) is 134 cm³/mol. The van der Waals surface area contributed by atoms with Gasteiger partial charge in [-0.2, -0.15) is 0 Å². The van der Waals surface area contributed by atoms with Crippen molar-refractivity contribution in [2.75, 3.05) is 18.1 Å². The van der Waals surface area contributed by atoms with Crippen LogP contribution < -0.4 is 14.4 Å². The first-order valence-electron chi connectivity index (χ1n) is 10.6. The van der Waals surface area contributed by atoms with Gasteiger partial charge in [-0.3, -0.25) is 9.69 Å². The molecule has 1 amide bonds. The molecule has 0 aliphatic carbocycles. The quantitative estimate of drug-likeness (QED) is 0.356. The van der Waals surface area contributed by atoms with Gasteiger partial charge in [0.05, 0.1) is 18.9 Å². The van der Waals surface area contributed by atoms with Crippen LogP contribution in [0.25, 0.3) is 6.08 Å². The summed E-state index contributed by atoms with van der Waals surface area (Å²) in [6.07, 6.45) is 1.74. The van der Waals surface area contributed by atoms with Gasteiger partial charge in [0.15, 0.2) is 11.5 Å². The van der Waals surface area contributed by atoms with Crippen LogP contribution in [0.3, 0.4) is 0 Å². The minimum atomic E-state index is -0.242. The highest BCUT2D eigenvalue weighted by atomic mass is 35.5. The van der Waals surface area contributed by atoms with Gasteiger partial charge in [-0.15, -0.1) is 0 Å². The van der Waals surface area contributed by atoms with Gasteiger partial charge in [0.25, 0.3) is 5.91 Å². The number of ether oxygens (including phenoxy) is 2. The second kappa shape index (κ2) is 10.1. The summed E-state index contributed by atoms with van der Waals surface area (Å²) in [5, 5.41) is 1.19. The summed E-state index contributed by atoms with van der Waals surface area (Å²) < 4.78 is 11.3. The van der Waals surface area contributed by atoms with Crippen LogP contribution in [0.4, 0.5) is 5.69 Å². The van der Waals surface area contributed by atoms with Crippen LogP contribution in [0.2, 0.25) is 10.0 Å². The molecule has 4 rings (SSSR count). The van der Waals surface area contributed by atoms with Gasteiger partial charge in [0, 0.05) is 15.6 Å². The third-order valence-corrected chi connectivity index (χ3v) is 5.42. The van der Waals surface area contributed by atoms with Crippen LogP contribution in [0.5, 0.6) is 11.5 Å². The molecule has 33 heavy (non-hydrogen) atoms. The number of amides is 1. The number of hydrogen-bond acceptors (Lipinski definition) is 4. The molecule has 0 N–H and O–H groups in total. The van der Waals surface area contributed by atoms with E-state index in [0.29, 0.717) is 52.0 Å². The Balaban J connectivity index is 1.77. The second-order valence-corrected chi connectivity index (χ2v) is 8.03. The second-order valence-electron chi connectivity index (χ2n) is 7.16. The molecule has 3 aromatic carbocycles. The molecular formula is C26H22Cl2N2O3. The lowest BCUT2D eigenvalue weighted by Gasteiger charge is -2.18. The largest absolute Gasteiger partial charge is 0.490 e. The fraction of sp³-hybridized carbons (Fsp3) is 0.154. The van der Waals surface area contributed by atoms with Crippen LogP contribution >= 0.6 is 23.2 Å². The smallest absolute Gasteiger partial charge is 0.282 e. The monoisotopic (exact) mass is 480 g/mol. The molecule has 1 aliphatic heterocycles. The fourth-order valence-electron chi connectivity index (χ4n) is 3.45. The number of benzene rings is 3. The number of hydrogen-bond donors (Lipinski definition) is 0. The Bertz CT molecular complexity index is 1220. The summed E-state index contributed by atoms with van der Waals surface area (Å²) in [4.78, 5) is 19.7. The van der Waals surface area contributed by atoms with Gasteiger partial charge in [-0.25, -0.2) is 4.99 Å².